The number of carbonyl (C=O) groups excluding carboxylic acids is 1. The van der Waals surface area contributed by atoms with Crippen LogP contribution >= 0.6 is 0 Å². The predicted octanol–water partition coefficient (Wildman–Crippen LogP) is 1.10. The Balaban J connectivity index is 1.87. The zero-order valence-corrected chi connectivity index (χ0v) is 15.2. The highest BCUT2D eigenvalue weighted by Crippen LogP contribution is 2.20. The number of likely N-dealkylation sites (N-methyl/N-ethyl adjacent to an activating group) is 1. The third kappa shape index (κ3) is 3.74. The number of carbonyl (C=O) groups is 1. The number of benzene rings is 1. The monoisotopic (exact) mass is 362 g/mol. The van der Waals surface area contributed by atoms with E-state index in [9.17, 15) is 13.2 Å². The van der Waals surface area contributed by atoms with Crippen molar-refractivity contribution in [2.24, 2.45) is 0 Å². The topological polar surface area (TPSA) is 84.3 Å². The summed E-state index contributed by atoms with van der Waals surface area (Å²) in [6, 6.07) is 6.93. The van der Waals surface area contributed by atoms with E-state index in [1.54, 1.807) is 24.4 Å². The number of nitrogens with one attached hydrogen (secondary N) is 1. The van der Waals surface area contributed by atoms with Crippen molar-refractivity contribution in [1.29, 1.82) is 0 Å². The molecule has 1 aromatic carbocycles. The molecule has 3 rings (SSSR count). The molecule has 0 spiro atoms. The molecule has 2 heterocycles. The maximum atomic E-state index is 12.7. The highest BCUT2D eigenvalue weighted by molar-refractivity contribution is 7.90. The number of amides is 1. The molecule has 1 aromatic heterocycles. The van der Waals surface area contributed by atoms with Crippen LogP contribution in [0.3, 0.4) is 0 Å². The van der Waals surface area contributed by atoms with Gasteiger partial charge in [0.25, 0.3) is 5.91 Å². The summed E-state index contributed by atoms with van der Waals surface area (Å²) in [5.41, 5.74) is 0.899. The second-order valence-electron chi connectivity index (χ2n) is 6.29. The van der Waals surface area contributed by atoms with E-state index in [2.05, 4.69) is 10.4 Å². The number of nitrogens with zero attached hydrogens (tertiary/aromatic N) is 3. The van der Waals surface area contributed by atoms with Crippen LogP contribution in [0.4, 0.5) is 0 Å². The number of hydrogen-bond acceptors (Lipinski definition) is 5. The Kier molecular flexibility index (Phi) is 4.91. The highest BCUT2D eigenvalue weighted by atomic mass is 32.2. The lowest BCUT2D eigenvalue weighted by Gasteiger charge is -2.32. The van der Waals surface area contributed by atoms with Crippen LogP contribution in [0.5, 0.6) is 0 Å². The van der Waals surface area contributed by atoms with Crippen LogP contribution in [0.15, 0.2) is 41.6 Å². The minimum atomic E-state index is -3.39. The van der Waals surface area contributed by atoms with E-state index in [1.807, 2.05) is 11.9 Å². The molecule has 1 fully saturated rings. The molecule has 8 heteroatoms. The number of hydrogen-bond donors (Lipinski definition) is 1. The molecule has 134 valence electrons. The van der Waals surface area contributed by atoms with E-state index < -0.39 is 9.84 Å². The molecule has 0 bridgehead atoms. The lowest BCUT2D eigenvalue weighted by atomic mass is 10.1. The molecule has 1 aliphatic heterocycles. The van der Waals surface area contributed by atoms with Gasteiger partial charge in [-0.15, -0.1) is 0 Å². The lowest BCUT2D eigenvalue weighted by molar-refractivity contribution is 0.0698. The fourth-order valence-corrected chi connectivity index (χ4v) is 3.97. The average Bonchev–Trinajstić information content (AvgIpc) is 3.10. The molecule has 1 unspecified atom stereocenters. The quantitative estimate of drug-likeness (QED) is 0.880. The van der Waals surface area contributed by atoms with E-state index >= 15 is 0 Å². The van der Waals surface area contributed by atoms with E-state index in [0.29, 0.717) is 23.8 Å². The molecule has 25 heavy (non-hydrogen) atoms. The minimum Gasteiger partial charge on any atom is -0.337 e. The Hall–Kier alpha value is -2.19. The summed E-state index contributed by atoms with van der Waals surface area (Å²) in [6.45, 7) is 1.39. The number of para-hydroxylation sites is 1. The van der Waals surface area contributed by atoms with Gasteiger partial charge in [0.05, 0.1) is 22.3 Å². The molecule has 2 aromatic rings. The summed E-state index contributed by atoms with van der Waals surface area (Å²) in [5, 5.41) is 7.42. The number of sulfone groups is 1. The molecule has 7 nitrogen and oxygen atoms in total. The Morgan fingerprint density at radius 3 is 2.80 bits per heavy atom. The zero-order chi connectivity index (χ0) is 18.0. The van der Waals surface area contributed by atoms with Gasteiger partial charge in [0.1, 0.15) is 0 Å². The Morgan fingerprint density at radius 1 is 1.32 bits per heavy atom. The van der Waals surface area contributed by atoms with Crippen molar-refractivity contribution in [1.82, 2.24) is 20.0 Å². The van der Waals surface area contributed by atoms with E-state index in [4.69, 9.17) is 0 Å². The summed E-state index contributed by atoms with van der Waals surface area (Å²) >= 11 is 0. The van der Waals surface area contributed by atoms with E-state index in [0.717, 1.165) is 25.6 Å². The lowest BCUT2D eigenvalue weighted by Crippen LogP contribution is -2.46. The van der Waals surface area contributed by atoms with Crippen LogP contribution in [0.2, 0.25) is 0 Å². The smallest absolute Gasteiger partial charge is 0.257 e. The van der Waals surface area contributed by atoms with Crippen molar-refractivity contribution in [2.45, 2.75) is 23.8 Å². The van der Waals surface area contributed by atoms with Crippen LogP contribution in [0.1, 0.15) is 23.2 Å². The van der Waals surface area contributed by atoms with Gasteiger partial charge in [-0.1, -0.05) is 12.1 Å². The van der Waals surface area contributed by atoms with Gasteiger partial charge in [-0.05, 0) is 32.0 Å². The summed E-state index contributed by atoms with van der Waals surface area (Å²) in [5.74, 6) is -0.0805. The molecular weight excluding hydrogens is 340 g/mol. The summed E-state index contributed by atoms with van der Waals surface area (Å²) < 4.78 is 25.4. The van der Waals surface area contributed by atoms with Crippen molar-refractivity contribution >= 4 is 15.7 Å². The van der Waals surface area contributed by atoms with Gasteiger partial charge >= 0.3 is 0 Å². The zero-order valence-electron chi connectivity index (χ0n) is 14.3. The van der Waals surface area contributed by atoms with Gasteiger partial charge in [-0.25, -0.2) is 13.1 Å². The predicted molar refractivity (Wildman–Crippen MR) is 94.7 cm³/mol. The normalized spacial score (nSPS) is 18.3. The van der Waals surface area contributed by atoms with Crippen molar-refractivity contribution in [3.8, 4) is 5.69 Å². The van der Waals surface area contributed by atoms with Crippen molar-refractivity contribution < 1.29 is 13.2 Å². The first-order valence-corrected chi connectivity index (χ1v) is 10.1. The standard InChI is InChI=1S/C17H22N4O3S/c1-18-14-6-5-9-20(12-14)17(22)13-10-19-21(11-13)15-7-3-4-8-16(15)25(2,23)24/h3-4,7-8,10-11,14,18H,5-6,9,12H2,1-2H3. The summed E-state index contributed by atoms with van der Waals surface area (Å²) in [4.78, 5) is 14.7. The second kappa shape index (κ2) is 6.97. The fourth-order valence-electron chi connectivity index (χ4n) is 3.10. The number of piperidine rings is 1. The molecule has 1 saturated heterocycles. The third-order valence-corrected chi connectivity index (χ3v) is 5.60. The molecule has 0 aliphatic carbocycles. The van der Waals surface area contributed by atoms with Gasteiger partial charge < -0.3 is 10.2 Å². The maximum absolute atomic E-state index is 12.7. The van der Waals surface area contributed by atoms with Crippen LogP contribution in [0, 0.1) is 0 Å². The molecule has 0 radical (unpaired) electrons. The average molecular weight is 362 g/mol. The molecule has 0 saturated carbocycles. The first-order chi connectivity index (χ1) is 11.9. The molecule has 1 aliphatic rings. The summed E-state index contributed by atoms with van der Waals surface area (Å²) in [7, 11) is -1.49. The van der Waals surface area contributed by atoms with Gasteiger partial charge in [0.15, 0.2) is 9.84 Å². The summed E-state index contributed by atoms with van der Waals surface area (Å²) in [6.07, 6.45) is 6.26. The van der Waals surface area contributed by atoms with E-state index in [1.165, 1.54) is 16.9 Å². The SMILES string of the molecule is CNC1CCCN(C(=O)c2cnn(-c3ccccc3S(C)(=O)=O)c2)C1. The van der Waals surface area contributed by atoms with E-state index in [-0.39, 0.29) is 10.8 Å². The first-order valence-electron chi connectivity index (χ1n) is 8.21. The maximum Gasteiger partial charge on any atom is 0.257 e. The molecule has 1 atom stereocenters. The highest BCUT2D eigenvalue weighted by Gasteiger charge is 2.25. The Labute approximate surface area is 147 Å². The fraction of sp³-hybridized carbons (Fsp3) is 0.412. The number of likely N-dealkylation sites (tertiary alicyclic amines) is 1. The van der Waals surface area contributed by atoms with Crippen LogP contribution < -0.4 is 5.32 Å². The Bertz CT molecular complexity index is 876. The molecule has 1 amide bonds. The second-order valence-corrected chi connectivity index (χ2v) is 8.28. The van der Waals surface area contributed by atoms with Crippen molar-refractivity contribution in [2.75, 3.05) is 26.4 Å². The minimum absolute atomic E-state index is 0.0805. The number of rotatable bonds is 4. The Morgan fingerprint density at radius 2 is 2.08 bits per heavy atom. The first kappa shape index (κ1) is 17.6. The van der Waals surface area contributed by atoms with Gasteiger partial charge in [0, 0.05) is 31.6 Å². The molecule has 1 N–H and O–H groups in total. The number of aromatic nitrogens is 2. The van der Waals surface area contributed by atoms with Crippen molar-refractivity contribution in [3.05, 3.63) is 42.2 Å². The van der Waals surface area contributed by atoms with Crippen LogP contribution in [-0.4, -0.2) is 61.4 Å². The van der Waals surface area contributed by atoms with Gasteiger partial charge in [-0.3, -0.25) is 4.79 Å². The van der Waals surface area contributed by atoms with Gasteiger partial charge in [-0.2, -0.15) is 5.10 Å². The van der Waals surface area contributed by atoms with Crippen molar-refractivity contribution in [3.63, 3.8) is 0 Å². The van der Waals surface area contributed by atoms with Gasteiger partial charge in [0.2, 0.25) is 0 Å². The third-order valence-electron chi connectivity index (χ3n) is 4.46. The van der Waals surface area contributed by atoms with Crippen LogP contribution in [-0.2, 0) is 9.84 Å². The van der Waals surface area contributed by atoms with Crippen LogP contribution in [0.25, 0.3) is 5.69 Å². The molecular formula is C17H22N4O3S. The largest absolute Gasteiger partial charge is 0.337 e.